The lowest BCUT2D eigenvalue weighted by atomic mass is 10.1. The summed E-state index contributed by atoms with van der Waals surface area (Å²) in [6.45, 7) is 1.91. The highest BCUT2D eigenvalue weighted by Crippen LogP contribution is 2.38. The molecule has 0 aliphatic heterocycles. The minimum atomic E-state index is -4.55. The monoisotopic (exact) mass is 510 g/mol. The maximum atomic E-state index is 13.3. The summed E-state index contributed by atoms with van der Waals surface area (Å²) in [5, 5.41) is 20.0. The van der Waals surface area contributed by atoms with Crippen molar-refractivity contribution in [2.75, 3.05) is 0 Å². The minimum Gasteiger partial charge on any atom is -0.261 e. The molecular weight excluding hydrogens is 497 g/mol. The second kappa shape index (κ2) is 7.78. The van der Waals surface area contributed by atoms with E-state index in [-0.39, 0.29) is 10.5 Å². The third-order valence-corrected chi connectivity index (χ3v) is 6.68. The Bertz CT molecular complexity index is 1820. The molecule has 5 aromatic heterocycles. The molecule has 0 saturated carbocycles. The molecule has 0 atom stereocenters. The molecule has 180 valence electrons. The van der Waals surface area contributed by atoms with Crippen LogP contribution in [0.25, 0.3) is 37.5 Å². The summed E-state index contributed by atoms with van der Waals surface area (Å²) >= 11 is 1.09. The molecule has 1 aromatic carbocycles. The third kappa shape index (κ3) is 3.62. The Balaban J connectivity index is 1.42. The van der Waals surface area contributed by atoms with E-state index in [1.165, 1.54) is 27.9 Å². The molecule has 6 aromatic rings. The molecule has 0 radical (unpaired) electrons. The van der Waals surface area contributed by atoms with Crippen LogP contribution in [0.3, 0.4) is 0 Å². The lowest BCUT2D eigenvalue weighted by Crippen LogP contribution is -2.07. The highest BCUT2D eigenvalue weighted by molar-refractivity contribution is 7.26. The normalized spacial score (nSPS) is 12.2. The van der Waals surface area contributed by atoms with Gasteiger partial charge in [-0.25, -0.2) is 19.5 Å². The molecule has 36 heavy (non-hydrogen) atoms. The zero-order chi connectivity index (χ0) is 25.2. The lowest BCUT2D eigenvalue weighted by Gasteiger charge is -2.06. The topological polar surface area (TPSA) is 117 Å². The summed E-state index contributed by atoms with van der Waals surface area (Å²) in [4.78, 5) is 23.5. The molecule has 0 aliphatic rings. The summed E-state index contributed by atoms with van der Waals surface area (Å²) in [5.74, 6) is 0.399. The predicted molar refractivity (Wildman–Crippen MR) is 125 cm³/mol. The van der Waals surface area contributed by atoms with Gasteiger partial charge in [0.15, 0.2) is 11.5 Å². The Kier molecular flexibility index (Phi) is 4.76. The Labute approximate surface area is 202 Å². The van der Waals surface area contributed by atoms with Crippen molar-refractivity contribution in [2.45, 2.75) is 19.6 Å². The zero-order valence-electron chi connectivity index (χ0n) is 18.3. The van der Waals surface area contributed by atoms with Crippen LogP contribution in [0.5, 0.6) is 0 Å². The summed E-state index contributed by atoms with van der Waals surface area (Å²) < 4.78 is 43.3. The molecule has 10 nitrogen and oxygen atoms in total. The second-order valence-corrected chi connectivity index (χ2v) is 9.08. The molecule has 0 saturated heterocycles. The first-order chi connectivity index (χ1) is 17.2. The van der Waals surface area contributed by atoms with Crippen LogP contribution in [0.15, 0.2) is 49.1 Å². The van der Waals surface area contributed by atoms with Gasteiger partial charge < -0.3 is 0 Å². The van der Waals surface area contributed by atoms with Gasteiger partial charge in [0, 0.05) is 10.9 Å². The van der Waals surface area contributed by atoms with Gasteiger partial charge in [-0.05, 0) is 30.2 Å². The van der Waals surface area contributed by atoms with E-state index in [0.717, 1.165) is 23.0 Å². The highest BCUT2D eigenvalue weighted by Gasteiger charge is 2.33. The Morgan fingerprint density at radius 2 is 2.03 bits per heavy atom. The van der Waals surface area contributed by atoms with Crippen molar-refractivity contribution in [3.8, 4) is 11.4 Å². The van der Waals surface area contributed by atoms with Gasteiger partial charge in [0.05, 0.1) is 17.0 Å². The number of rotatable bonds is 4. The summed E-state index contributed by atoms with van der Waals surface area (Å²) in [6.07, 6.45) is -0.541. The number of fused-ring (bicyclic) bond motifs is 5. The first kappa shape index (κ1) is 22.0. The van der Waals surface area contributed by atoms with Crippen LogP contribution in [0, 0.1) is 17.0 Å². The van der Waals surface area contributed by atoms with E-state index < -0.39 is 16.8 Å². The van der Waals surface area contributed by atoms with Crippen molar-refractivity contribution in [3.05, 3.63) is 76.0 Å². The van der Waals surface area contributed by atoms with Crippen LogP contribution >= 0.6 is 11.3 Å². The number of pyridine rings is 1. The number of aryl methyl sites for hydroxylation is 1. The Morgan fingerprint density at radius 1 is 1.19 bits per heavy atom. The van der Waals surface area contributed by atoms with Crippen molar-refractivity contribution < 1.29 is 18.1 Å². The van der Waals surface area contributed by atoms with Crippen molar-refractivity contribution in [3.63, 3.8) is 0 Å². The number of thiophene rings is 1. The molecule has 0 unspecified atom stereocenters. The van der Waals surface area contributed by atoms with Crippen LogP contribution in [-0.2, 0) is 12.7 Å². The molecule has 0 fully saturated rings. The van der Waals surface area contributed by atoms with Gasteiger partial charge in [-0.2, -0.15) is 18.3 Å². The molecule has 6 rings (SSSR count). The van der Waals surface area contributed by atoms with Crippen molar-refractivity contribution >= 4 is 43.1 Å². The number of benzene rings is 1. The van der Waals surface area contributed by atoms with Crippen LogP contribution in [-0.4, -0.2) is 39.3 Å². The van der Waals surface area contributed by atoms with Gasteiger partial charge >= 0.3 is 11.9 Å². The van der Waals surface area contributed by atoms with Crippen LogP contribution in [0.1, 0.15) is 16.8 Å². The van der Waals surface area contributed by atoms with E-state index in [4.69, 9.17) is 0 Å². The molecule has 5 heterocycles. The standard InChI is InChI=1S/C22H13F3N8O2S/c1-11-5-15(22(23,24)25)28-21-16(11)17-18(36-21)20-29-19(30-32(20)10-26-17)13-4-2-3-12(6-13)8-31-9-14(7-27-31)33(34)35/h2-7,9-10H,8H2,1H3. The summed E-state index contributed by atoms with van der Waals surface area (Å²) in [5.41, 5.74) is 1.89. The molecule has 0 N–H and O–H groups in total. The SMILES string of the molecule is Cc1cc(C(F)(F)F)nc2sc3c(ncn4nc(-c5cccc(Cn6cc([N+](=O)[O-])cn6)c5)nc34)c12. The van der Waals surface area contributed by atoms with Crippen molar-refractivity contribution in [1.82, 2.24) is 34.3 Å². The summed E-state index contributed by atoms with van der Waals surface area (Å²) in [6, 6.07) is 8.36. The second-order valence-electron chi connectivity index (χ2n) is 8.08. The van der Waals surface area contributed by atoms with Gasteiger partial charge in [0.1, 0.15) is 33.9 Å². The van der Waals surface area contributed by atoms with Crippen LogP contribution < -0.4 is 0 Å². The lowest BCUT2D eigenvalue weighted by molar-refractivity contribution is -0.385. The van der Waals surface area contributed by atoms with E-state index >= 15 is 0 Å². The quantitative estimate of drug-likeness (QED) is 0.241. The minimum absolute atomic E-state index is 0.0971. The van der Waals surface area contributed by atoms with E-state index in [2.05, 4.69) is 25.1 Å². The van der Waals surface area contributed by atoms with Gasteiger partial charge in [0.2, 0.25) is 0 Å². The van der Waals surface area contributed by atoms with E-state index in [1.54, 1.807) is 6.92 Å². The average Bonchev–Trinajstić information content (AvgIpc) is 3.54. The maximum absolute atomic E-state index is 13.3. The Morgan fingerprint density at radius 3 is 2.78 bits per heavy atom. The number of aromatic nitrogens is 7. The van der Waals surface area contributed by atoms with Gasteiger partial charge in [-0.15, -0.1) is 16.4 Å². The van der Waals surface area contributed by atoms with Gasteiger partial charge in [0.25, 0.3) is 0 Å². The molecule has 0 bridgehead atoms. The average molecular weight is 510 g/mol. The summed E-state index contributed by atoms with van der Waals surface area (Å²) in [7, 11) is 0. The van der Waals surface area contributed by atoms with E-state index in [0.29, 0.717) is 44.7 Å². The number of nitro groups is 1. The maximum Gasteiger partial charge on any atom is 0.433 e. The molecular formula is C22H13F3N8O2S. The zero-order valence-corrected chi connectivity index (χ0v) is 19.1. The number of nitrogens with zero attached hydrogens (tertiary/aromatic N) is 8. The van der Waals surface area contributed by atoms with Crippen LogP contribution in [0.4, 0.5) is 18.9 Å². The van der Waals surface area contributed by atoms with E-state index in [1.807, 2.05) is 24.3 Å². The molecule has 0 aliphatic carbocycles. The first-order valence-electron chi connectivity index (χ1n) is 10.5. The molecule has 0 spiro atoms. The van der Waals surface area contributed by atoms with Crippen LogP contribution in [0.2, 0.25) is 0 Å². The fourth-order valence-corrected chi connectivity index (χ4v) is 5.19. The predicted octanol–water partition coefficient (Wildman–Crippen LogP) is 5.03. The first-order valence-corrected chi connectivity index (χ1v) is 11.3. The molecule has 14 heteroatoms. The largest absolute Gasteiger partial charge is 0.433 e. The van der Waals surface area contributed by atoms with Gasteiger partial charge in [-0.1, -0.05) is 18.2 Å². The van der Waals surface area contributed by atoms with Gasteiger partial charge in [-0.3, -0.25) is 14.8 Å². The highest BCUT2D eigenvalue weighted by atomic mass is 32.1. The molecule has 0 amide bonds. The number of hydrogen-bond acceptors (Lipinski definition) is 8. The number of halogens is 3. The number of hydrogen-bond donors (Lipinski definition) is 0. The van der Waals surface area contributed by atoms with Crippen molar-refractivity contribution in [2.24, 2.45) is 0 Å². The van der Waals surface area contributed by atoms with Crippen molar-refractivity contribution in [1.29, 1.82) is 0 Å². The fraction of sp³-hybridized carbons (Fsp3) is 0.136. The van der Waals surface area contributed by atoms with E-state index in [9.17, 15) is 23.3 Å². The number of alkyl halides is 3. The third-order valence-electron chi connectivity index (χ3n) is 5.62. The Hall–Kier alpha value is -4.46. The fourth-order valence-electron chi connectivity index (χ4n) is 4.01. The smallest absolute Gasteiger partial charge is 0.261 e.